The van der Waals surface area contributed by atoms with Crippen LogP contribution in [0.5, 0.6) is 11.5 Å². The number of hydrogen-bond donors (Lipinski definition) is 0. The second-order valence-corrected chi connectivity index (χ2v) is 11.9. The lowest BCUT2D eigenvalue weighted by Gasteiger charge is -2.14. The van der Waals surface area contributed by atoms with Crippen molar-refractivity contribution in [3.8, 4) is 34.1 Å². The third-order valence-electron chi connectivity index (χ3n) is 8.50. The molecule has 5 nitrogen and oxygen atoms in total. The van der Waals surface area contributed by atoms with Crippen LogP contribution in [0.3, 0.4) is 0 Å². The van der Waals surface area contributed by atoms with E-state index < -0.39 is 0 Å². The van der Waals surface area contributed by atoms with E-state index in [4.69, 9.17) is 14.8 Å². The van der Waals surface area contributed by atoms with E-state index in [-0.39, 0.29) is 0 Å². The van der Waals surface area contributed by atoms with Gasteiger partial charge in [-0.25, -0.2) is 9.67 Å². The van der Waals surface area contributed by atoms with E-state index in [0.29, 0.717) is 0 Å². The van der Waals surface area contributed by atoms with E-state index in [1.165, 1.54) is 38.6 Å². The Labute approximate surface area is 264 Å². The Bertz CT molecular complexity index is 2150. The first-order valence-corrected chi connectivity index (χ1v) is 15.9. The number of benzene rings is 4. The summed E-state index contributed by atoms with van der Waals surface area (Å²) in [5, 5.41) is 7.14. The molecule has 0 fully saturated rings. The molecule has 0 radical (unpaired) electrons. The van der Waals surface area contributed by atoms with Gasteiger partial charge in [0.05, 0.1) is 22.9 Å². The highest BCUT2D eigenvalue weighted by Gasteiger charge is 2.16. The van der Waals surface area contributed by atoms with Crippen LogP contribution in [0.2, 0.25) is 0 Å². The van der Waals surface area contributed by atoms with E-state index >= 15 is 0 Å². The first kappa shape index (κ1) is 28.6. The maximum atomic E-state index is 6.48. The quantitative estimate of drug-likeness (QED) is 0.168. The minimum atomic E-state index is 0.756. The Balaban J connectivity index is 1.22. The number of fused-ring (bicyclic) bond motifs is 3. The summed E-state index contributed by atoms with van der Waals surface area (Å²) < 4.78 is 10.6. The van der Waals surface area contributed by atoms with E-state index in [9.17, 15) is 0 Å². The molecule has 5 heteroatoms. The molecule has 0 aliphatic rings. The molecule has 0 aliphatic heterocycles. The lowest BCUT2D eigenvalue weighted by Crippen LogP contribution is -1.98. The maximum Gasteiger partial charge on any atom is 0.137 e. The zero-order chi connectivity index (χ0) is 30.9. The maximum absolute atomic E-state index is 6.48. The molecule has 224 valence electrons. The van der Waals surface area contributed by atoms with Gasteiger partial charge in [-0.1, -0.05) is 63.1 Å². The van der Waals surface area contributed by atoms with Gasteiger partial charge in [-0.15, -0.1) is 0 Å². The molecular weight excluding hydrogens is 552 g/mol. The number of hydrogen-bond acceptors (Lipinski definition) is 3. The van der Waals surface area contributed by atoms with Crippen LogP contribution in [0.25, 0.3) is 44.4 Å². The minimum absolute atomic E-state index is 0.756. The molecule has 4 aromatic carbocycles. The SMILES string of the molecule is CCCc1cc(C)c(-c2cnn(-c3cccc(Oc4ccc5c6ccccc6n(-c6cc(C)ccn6)c5c4)c3)c2)c(CCC)c1. The second-order valence-electron chi connectivity index (χ2n) is 11.9. The molecule has 0 amide bonds. The van der Waals surface area contributed by atoms with Crippen molar-refractivity contribution < 1.29 is 4.74 Å². The van der Waals surface area contributed by atoms with Crippen LogP contribution >= 0.6 is 0 Å². The topological polar surface area (TPSA) is 44.9 Å². The monoisotopic (exact) mass is 590 g/mol. The first-order valence-electron chi connectivity index (χ1n) is 15.9. The number of aryl methyl sites for hydroxylation is 4. The van der Waals surface area contributed by atoms with Gasteiger partial charge >= 0.3 is 0 Å². The molecule has 45 heavy (non-hydrogen) atoms. The number of pyridine rings is 1. The molecule has 3 aromatic heterocycles. The summed E-state index contributed by atoms with van der Waals surface area (Å²) in [6.07, 6.45) is 10.4. The standard InChI is InChI=1S/C40H38N4O/c1-5-10-29-21-28(4)40(30(22-29)11-6-2)31-25-42-43(26-31)32-12-9-13-33(23-32)45-34-16-17-36-35-14-7-8-15-37(35)44(38(36)24-34)39-20-27(3)18-19-41-39/h7-9,12-26H,5-6,10-11H2,1-4H3. The first-order chi connectivity index (χ1) is 22.0. The molecule has 0 bridgehead atoms. The Morgan fingerprint density at radius 2 is 1.56 bits per heavy atom. The Hall–Kier alpha value is -5.16. The number of aromatic nitrogens is 4. The summed E-state index contributed by atoms with van der Waals surface area (Å²) in [7, 11) is 0. The van der Waals surface area contributed by atoms with Gasteiger partial charge < -0.3 is 4.74 Å². The number of rotatable bonds is 9. The zero-order valence-electron chi connectivity index (χ0n) is 26.4. The van der Waals surface area contributed by atoms with Crippen molar-refractivity contribution in [2.24, 2.45) is 0 Å². The Morgan fingerprint density at radius 3 is 2.40 bits per heavy atom. The highest BCUT2D eigenvalue weighted by Crippen LogP contribution is 2.36. The van der Waals surface area contributed by atoms with Gasteiger partial charge in [0.2, 0.25) is 0 Å². The van der Waals surface area contributed by atoms with Crippen LogP contribution < -0.4 is 4.74 Å². The summed E-state index contributed by atoms with van der Waals surface area (Å²) in [6.45, 7) is 8.81. The summed E-state index contributed by atoms with van der Waals surface area (Å²) in [5.41, 5.74) is 10.9. The smallest absolute Gasteiger partial charge is 0.137 e. The molecule has 0 N–H and O–H groups in total. The van der Waals surface area contributed by atoms with Crippen molar-refractivity contribution in [3.63, 3.8) is 0 Å². The van der Waals surface area contributed by atoms with Crippen LogP contribution in [0.15, 0.2) is 110 Å². The molecule has 7 rings (SSSR count). The summed E-state index contributed by atoms with van der Waals surface area (Å²) >= 11 is 0. The van der Waals surface area contributed by atoms with Crippen LogP contribution in [-0.4, -0.2) is 19.3 Å². The van der Waals surface area contributed by atoms with Gasteiger partial charge in [0.25, 0.3) is 0 Å². The van der Waals surface area contributed by atoms with Crippen molar-refractivity contribution in [1.29, 1.82) is 0 Å². The van der Waals surface area contributed by atoms with Gasteiger partial charge in [-0.05, 0) is 97.0 Å². The van der Waals surface area contributed by atoms with E-state index in [0.717, 1.165) is 65.3 Å². The fraction of sp³-hybridized carbons (Fsp3) is 0.200. The fourth-order valence-corrected chi connectivity index (χ4v) is 6.58. The lowest BCUT2D eigenvalue weighted by atomic mass is 9.91. The average molecular weight is 591 g/mol. The van der Waals surface area contributed by atoms with Crippen molar-refractivity contribution in [1.82, 2.24) is 19.3 Å². The minimum Gasteiger partial charge on any atom is -0.457 e. The van der Waals surface area contributed by atoms with E-state index in [1.807, 2.05) is 47.4 Å². The zero-order valence-corrected chi connectivity index (χ0v) is 26.4. The van der Waals surface area contributed by atoms with Gasteiger partial charge in [0.15, 0.2) is 0 Å². The molecule has 0 spiro atoms. The third kappa shape index (κ3) is 5.51. The number of para-hydroxylation sites is 1. The molecule has 3 heterocycles. The highest BCUT2D eigenvalue weighted by molar-refractivity contribution is 6.09. The molecule has 0 saturated heterocycles. The van der Waals surface area contributed by atoms with Gasteiger partial charge in [-0.2, -0.15) is 5.10 Å². The third-order valence-corrected chi connectivity index (χ3v) is 8.50. The predicted molar refractivity (Wildman–Crippen MR) is 185 cm³/mol. The van der Waals surface area contributed by atoms with Gasteiger partial charge in [-0.3, -0.25) is 4.57 Å². The summed E-state index contributed by atoms with van der Waals surface area (Å²) in [6, 6.07) is 31.8. The highest BCUT2D eigenvalue weighted by atomic mass is 16.5. The second kappa shape index (κ2) is 12.1. The van der Waals surface area contributed by atoms with Crippen LogP contribution in [0, 0.1) is 13.8 Å². The molecule has 0 aliphatic carbocycles. The summed E-state index contributed by atoms with van der Waals surface area (Å²) in [5.74, 6) is 2.42. The van der Waals surface area contributed by atoms with E-state index in [1.54, 1.807) is 0 Å². The molecule has 7 aromatic rings. The van der Waals surface area contributed by atoms with Crippen LogP contribution in [-0.2, 0) is 12.8 Å². The normalized spacial score (nSPS) is 11.5. The van der Waals surface area contributed by atoms with Crippen LogP contribution in [0.4, 0.5) is 0 Å². The van der Waals surface area contributed by atoms with Crippen LogP contribution in [0.1, 0.15) is 48.9 Å². The van der Waals surface area contributed by atoms with Crippen molar-refractivity contribution in [3.05, 3.63) is 132 Å². The molecular formula is C40H38N4O. The Kier molecular flexibility index (Phi) is 7.68. The van der Waals surface area contributed by atoms with Gasteiger partial charge in [0.1, 0.15) is 17.3 Å². The molecule has 0 atom stereocenters. The Morgan fingerprint density at radius 1 is 0.733 bits per heavy atom. The lowest BCUT2D eigenvalue weighted by molar-refractivity contribution is 0.483. The summed E-state index contributed by atoms with van der Waals surface area (Å²) in [4.78, 5) is 4.71. The largest absolute Gasteiger partial charge is 0.457 e. The van der Waals surface area contributed by atoms with Crippen molar-refractivity contribution in [2.75, 3.05) is 0 Å². The fourth-order valence-electron chi connectivity index (χ4n) is 6.58. The molecule has 0 saturated carbocycles. The average Bonchev–Trinajstić information content (AvgIpc) is 3.64. The predicted octanol–water partition coefficient (Wildman–Crippen LogP) is 10.3. The van der Waals surface area contributed by atoms with E-state index in [2.05, 4.69) is 99.1 Å². The van der Waals surface area contributed by atoms with Crippen molar-refractivity contribution in [2.45, 2.75) is 53.4 Å². The number of ether oxygens (including phenoxy) is 1. The number of nitrogens with zero attached hydrogens (tertiary/aromatic N) is 4. The molecule has 0 unspecified atom stereocenters. The van der Waals surface area contributed by atoms with Crippen molar-refractivity contribution >= 4 is 21.8 Å². The van der Waals surface area contributed by atoms with Gasteiger partial charge in [0, 0.05) is 40.9 Å².